The summed E-state index contributed by atoms with van der Waals surface area (Å²) < 4.78 is 6.19. The van der Waals surface area contributed by atoms with E-state index >= 15 is 0 Å². The summed E-state index contributed by atoms with van der Waals surface area (Å²) in [7, 11) is 1.99. The van der Waals surface area contributed by atoms with Gasteiger partial charge in [0.25, 0.3) is 0 Å². The minimum atomic E-state index is -0.712. The molecule has 0 spiro atoms. The summed E-state index contributed by atoms with van der Waals surface area (Å²) in [6.07, 6.45) is 3.35. The molecular weight excluding hydrogens is 336 g/mol. The fraction of sp³-hybridized carbons (Fsp3) is 0.391. The van der Waals surface area contributed by atoms with Crippen LogP contribution in [0, 0.1) is 20.8 Å². The Kier molecular flexibility index (Phi) is 5.36. The number of benzene rings is 2. The second-order valence-corrected chi connectivity index (χ2v) is 7.46. The lowest BCUT2D eigenvalue weighted by molar-refractivity contribution is 0.0744. The van der Waals surface area contributed by atoms with Crippen LogP contribution in [0.25, 0.3) is 0 Å². The van der Waals surface area contributed by atoms with Crippen LogP contribution in [0.5, 0.6) is 5.75 Å². The molecule has 0 aromatic heterocycles. The number of Topliss-reactive ketones (excluding diaryl/α,β-unsaturated/α-hetero) is 1. The van der Waals surface area contributed by atoms with Crippen LogP contribution in [-0.4, -0.2) is 36.2 Å². The number of hydrogen-bond donors (Lipinski definition) is 0. The van der Waals surface area contributed by atoms with Crippen LogP contribution in [0.4, 0.5) is 5.69 Å². The predicted molar refractivity (Wildman–Crippen MR) is 110 cm³/mol. The normalized spacial score (nSPS) is 15.0. The summed E-state index contributed by atoms with van der Waals surface area (Å²) in [6, 6.07) is 11.8. The number of rotatable bonds is 7. The third kappa shape index (κ3) is 4.05. The van der Waals surface area contributed by atoms with Crippen molar-refractivity contribution in [3.05, 3.63) is 58.7 Å². The number of carbonyl (C=O) groups excluding carboxylic acids is 1. The van der Waals surface area contributed by atoms with Crippen molar-refractivity contribution in [1.29, 1.82) is 0 Å². The first-order chi connectivity index (χ1) is 12.9. The van der Waals surface area contributed by atoms with Gasteiger partial charge in [-0.1, -0.05) is 18.2 Å². The molecule has 142 valence electrons. The van der Waals surface area contributed by atoms with Crippen molar-refractivity contribution < 1.29 is 9.53 Å². The molecule has 0 atom stereocenters. The van der Waals surface area contributed by atoms with Gasteiger partial charge in [0.05, 0.1) is 12.0 Å². The predicted octanol–water partition coefficient (Wildman–Crippen LogP) is 5.02. The van der Waals surface area contributed by atoms with E-state index < -0.39 is 5.60 Å². The maximum absolute atomic E-state index is 13.3. The lowest BCUT2D eigenvalue weighted by Gasteiger charge is -2.20. The lowest BCUT2D eigenvalue weighted by atomic mass is 9.96. The number of ketones is 1. The van der Waals surface area contributed by atoms with Crippen molar-refractivity contribution >= 4 is 17.8 Å². The molecule has 0 aliphatic heterocycles. The van der Waals surface area contributed by atoms with Crippen LogP contribution >= 0.6 is 0 Å². The van der Waals surface area contributed by atoms with E-state index in [-0.39, 0.29) is 5.78 Å². The minimum Gasteiger partial charge on any atom is -0.479 e. The maximum atomic E-state index is 13.3. The number of nitrogens with zero attached hydrogens (tertiary/aromatic N) is 2. The van der Waals surface area contributed by atoms with Crippen LogP contribution in [0.15, 0.2) is 41.4 Å². The Labute approximate surface area is 161 Å². The fourth-order valence-corrected chi connectivity index (χ4v) is 3.04. The molecule has 2 aromatic rings. The van der Waals surface area contributed by atoms with Gasteiger partial charge in [-0.25, -0.2) is 4.99 Å². The molecule has 0 heterocycles. The molecule has 2 aromatic carbocycles. The highest BCUT2D eigenvalue weighted by molar-refractivity contribution is 6.06. The van der Waals surface area contributed by atoms with Gasteiger partial charge in [0, 0.05) is 19.2 Å². The molecule has 1 aliphatic rings. The number of hydrogen-bond acceptors (Lipinski definition) is 3. The number of aliphatic imine (C=N–C) groups is 1. The van der Waals surface area contributed by atoms with E-state index in [2.05, 4.69) is 11.9 Å². The molecule has 3 rings (SSSR count). The molecule has 1 saturated carbocycles. The molecule has 0 unspecified atom stereocenters. The zero-order valence-corrected chi connectivity index (χ0v) is 16.9. The van der Waals surface area contributed by atoms with Gasteiger partial charge in [0.1, 0.15) is 5.75 Å². The summed E-state index contributed by atoms with van der Waals surface area (Å²) in [5, 5.41) is 0. The highest BCUT2D eigenvalue weighted by atomic mass is 16.5. The fourth-order valence-electron chi connectivity index (χ4n) is 3.04. The molecule has 0 N–H and O–H groups in total. The summed E-state index contributed by atoms with van der Waals surface area (Å²) in [4.78, 5) is 19.8. The molecule has 1 aliphatic carbocycles. The number of ether oxygens (including phenoxy) is 1. The van der Waals surface area contributed by atoms with Crippen molar-refractivity contribution in [3.8, 4) is 5.75 Å². The van der Waals surface area contributed by atoms with Crippen LogP contribution in [0.3, 0.4) is 0 Å². The minimum absolute atomic E-state index is 0.0764. The second-order valence-electron chi connectivity index (χ2n) is 7.46. The highest BCUT2D eigenvalue weighted by Gasteiger charge is 2.53. The second kappa shape index (κ2) is 7.55. The molecule has 4 nitrogen and oxygen atoms in total. The highest BCUT2D eigenvalue weighted by Crippen LogP contribution is 2.44. The van der Waals surface area contributed by atoms with Crippen molar-refractivity contribution in [2.24, 2.45) is 4.99 Å². The Hall–Kier alpha value is -2.62. The van der Waals surface area contributed by atoms with Gasteiger partial charge in [-0.2, -0.15) is 0 Å². The van der Waals surface area contributed by atoms with E-state index in [1.807, 2.05) is 75.5 Å². The van der Waals surface area contributed by atoms with Gasteiger partial charge in [0.2, 0.25) is 5.78 Å². The monoisotopic (exact) mass is 364 g/mol. The summed E-state index contributed by atoms with van der Waals surface area (Å²) in [6.45, 7) is 8.95. The van der Waals surface area contributed by atoms with Crippen molar-refractivity contribution in [2.45, 2.75) is 46.1 Å². The van der Waals surface area contributed by atoms with Gasteiger partial charge < -0.3 is 9.64 Å². The topological polar surface area (TPSA) is 41.9 Å². The summed E-state index contributed by atoms with van der Waals surface area (Å²) in [5.41, 5.74) is 3.91. The Morgan fingerprint density at radius 1 is 1.15 bits per heavy atom. The third-order valence-electron chi connectivity index (χ3n) is 5.20. The van der Waals surface area contributed by atoms with Crippen LogP contribution in [-0.2, 0) is 0 Å². The maximum Gasteiger partial charge on any atom is 0.206 e. The Balaban J connectivity index is 1.86. The zero-order valence-electron chi connectivity index (χ0n) is 16.9. The third-order valence-corrected chi connectivity index (χ3v) is 5.20. The quantitative estimate of drug-likeness (QED) is 0.394. The van der Waals surface area contributed by atoms with Gasteiger partial charge in [0.15, 0.2) is 5.60 Å². The summed E-state index contributed by atoms with van der Waals surface area (Å²) >= 11 is 0. The standard InChI is InChI=1S/C23H28N2O2/c1-6-25(5)15-24-20-14-17(3)19(13-18(20)4)22(26)23(11-12-23)27-21-10-8-7-9-16(21)2/h7-10,13-15H,6,11-12H2,1-5H3. The Bertz CT molecular complexity index is 882. The van der Waals surface area contributed by atoms with E-state index in [4.69, 9.17) is 4.74 Å². The average Bonchev–Trinajstić information content (AvgIpc) is 3.44. The SMILES string of the molecule is CCN(C)C=Nc1cc(C)c(C(=O)C2(Oc3ccccc3C)CC2)cc1C. The van der Waals surface area contributed by atoms with Crippen molar-refractivity contribution in [1.82, 2.24) is 4.90 Å². The Morgan fingerprint density at radius 2 is 1.85 bits per heavy atom. The Morgan fingerprint density at radius 3 is 2.48 bits per heavy atom. The smallest absolute Gasteiger partial charge is 0.206 e. The number of carbonyl (C=O) groups is 1. The van der Waals surface area contributed by atoms with Gasteiger partial charge in [-0.05, 0) is 75.4 Å². The van der Waals surface area contributed by atoms with Gasteiger partial charge in [-0.15, -0.1) is 0 Å². The molecule has 0 radical (unpaired) electrons. The molecular formula is C23H28N2O2. The van der Waals surface area contributed by atoms with Crippen LogP contribution in [0.2, 0.25) is 0 Å². The number of aryl methyl sites for hydroxylation is 3. The molecule has 1 fully saturated rings. The van der Waals surface area contributed by atoms with Crippen LogP contribution in [0.1, 0.15) is 46.8 Å². The lowest BCUT2D eigenvalue weighted by Crippen LogP contribution is -2.30. The largest absolute Gasteiger partial charge is 0.479 e. The zero-order chi connectivity index (χ0) is 19.6. The van der Waals surface area contributed by atoms with Crippen molar-refractivity contribution in [2.75, 3.05) is 13.6 Å². The van der Waals surface area contributed by atoms with E-state index in [9.17, 15) is 4.79 Å². The first-order valence-electron chi connectivity index (χ1n) is 9.51. The molecule has 27 heavy (non-hydrogen) atoms. The first-order valence-corrected chi connectivity index (χ1v) is 9.51. The van der Waals surface area contributed by atoms with E-state index in [0.717, 1.165) is 53.1 Å². The summed E-state index contributed by atoms with van der Waals surface area (Å²) in [5.74, 6) is 0.870. The molecule has 0 bridgehead atoms. The molecule has 0 amide bonds. The van der Waals surface area contributed by atoms with E-state index in [1.54, 1.807) is 0 Å². The van der Waals surface area contributed by atoms with E-state index in [0.29, 0.717) is 0 Å². The number of para-hydroxylation sites is 1. The van der Waals surface area contributed by atoms with Gasteiger partial charge >= 0.3 is 0 Å². The first kappa shape index (κ1) is 19.2. The molecule has 4 heteroatoms. The average molecular weight is 364 g/mol. The van der Waals surface area contributed by atoms with Crippen molar-refractivity contribution in [3.63, 3.8) is 0 Å². The van der Waals surface area contributed by atoms with Crippen LogP contribution < -0.4 is 4.74 Å². The van der Waals surface area contributed by atoms with Gasteiger partial charge in [-0.3, -0.25) is 4.79 Å². The molecule has 0 saturated heterocycles. The van der Waals surface area contributed by atoms with E-state index in [1.165, 1.54) is 0 Å².